The lowest BCUT2D eigenvalue weighted by Gasteiger charge is -2.41. The molecule has 7 nitrogen and oxygen atoms in total. The average molecular weight is 451 g/mol. The number of benzene rings is 2. The number of aromatic nitrogens is 4. The molecule has 2 aliphatic rings. The van der Waals surface area contributed by atoms with E-state index in [1.54, 1.807) is 7.11 Å². The largest absolute Gasteiger partial charge is 0.497 e. The molecular weight excluding hydrogens is 419 g/mol. The maximum atomic E-state index is 13.7. The van der Waals surface area contributed by atoms with E-state index in [0.29, 0.717) is 6.54 Å². The average Bonchev–Trinajstić information content (AvgIpc) is 3.55. The molecule has 5 rings (SSSR count). The highest BCUT2D eigenvalue weighted by molar-refractivity contribution is 5.29. The normalized spacial score (nSPS) is 19.1. The van der Waals surface area contributed by atoms with Crippen molar-refractivity contribution in [3.8, 4) is 5.75 Å². The van der Waals surface area contributed by atoms with Crippen LogP contribution >= 0.6 is 0 Å². The fraction of sp³-hybridized carbons (Fsp3) is 0.480. The van der Waals surface area contributed by atoms with E-state index in [-0.39, 0.29) is 11.9 Å². The van der Waals surface area contributed by atoms with Gasteiger partial charge in [0.15, 0.2) is 5.82 Å². The standard InChI is InChI=1S/C25H31FN6O/c1-33-23-12-6-19(7-13-23)18-32-25(27-28-29-32)24(20-8-10-21(26)11-9-20)31-16-14-30(15-17-31)22-4-2-3-5-22/h6-13,22,24H,2-5,14-18H2,1H3/t24-/m0/s1. The van der Waals surface area contributed by atoms with Crippen LogP contribution in [0.25, 0.3) is 0 Å². The maximum absolute atomic E-state index is 13.7. The summed E-state index contributed by atoms with van der Waals surface area (Å²) in [6, 6.07) is 15.3. The molecule has 0 N–H and O–H groups in total. The van der Waals surface area contributed by atoms with Crippen LogP contribution in [0, 0.1) is 5.82 Å². The van der Waals surface area contributed by atoms with E-state index >= 15 is 0 Å². The molecule has 0 amide bonds. The minimum Gasteiger partial charge on any atom is -0.497 e. The van der Waals surface area contributed by atoms with Crippen LogP contribution in [0.15, 0.2) is 48.5 Å². The molecule has 0 spiro atoms. The molecule has 33 heavy (non-hydrogen) atoms. The Balaban J connectivity index is 1.39. The molecule has 0 radical (unpaired) electrons. The van der Waals surface area contributed by atoms with Gasteiger partial charge in [-0.15, -0.1) is 5.10 Å². The van der Waals surface area contributed by atoms with Gasteiger partial charge in [-0.05, 0) is 58.7 Å². The van der Waals surface area contributed by atoms with Crippen molar-refractivity contribution in [2.45, 2.75) is 44.3 Å². The Morgan fingerprint density at radius 2 is 1.67 bits per heavy atom. The Morgan fingerprint density at radius 1 is 0.970 bits per heavy atom. The number of methoxy groups -OCH3 is 1. The van der Waals surface area contributed by atoms with Gasteiger partial charge < -0.3 is 4.74 Å². The number of piperazine rings is 1. The van der Waals surface area contributed by atoms with Gasteiger partial charge in [0.1, 0.15) is 11.6 Å². The Kier molecular flexibility index (Phi) is 6.64. The summed E-state index contributed by atoms with van der Waals surface area (Å²) in [5.41, 5.74) is 2.10. The molecule has 0 bridgehead atoms. The lowest BCUT2D eigenvalue weighted by molar-refractivity contribution is 0.0771. The maximum Gasteiger partial charge on any atom is 0.173 e. The topological polar surface area (TPSA) is 59.3 Å². The van der Waals surface area contributed by atoms with Crippen molar-refractivity contribution < 1.29 is 9.13 Å². The second-order valence-corrected chi connectivity index (χ2v) is 9.01. The quantitative estimate of drug-likeness (QED) is 0.549. The summed E-state index contributed by atoms with van der Waals surface area (Å²) in [7, 11) is 1.66. The van der Waals surface area contributed by atoms with E-state index in [0.717, 1.165) is 54.9 Å². The van der Waals surface area contributed by atoms with Gasteiger partial charge in [-0.2, -0.15) is 0 Å². The summed E-state index contributed by atoms with van der Waals surface area (Å²) in [5, 5.41) is 12.8. The van der Waals surface area contributed by atoms with Crippen molar-refractivity contribution in [2.75, 3.05) is 33.3 Å². The first kappa shape index (κ1) is 22.0. The minimum atomic E-state index is -0.235. The highest BCUT2D eigenvalue weighted by Gasteiger charge is 2.33. The molecule has 2 aromatic carbocycles. The van der Waals surface area contributed by atoms with Crippen LogP contribution in [0.3, 0.4) is 0 Å². The predicted octanol–water partition coefficient (Wildman–Crippen LogP) is 3.52. The van der Waals surface area contributed by atoms with Gasteiger partial charge in [0.2, 0.25) is 0 Å². The third-order valence-corrected chi connectivity index (χ3v) is 7.04. The molecular formula is C25H31FN6O. The summed E-state index contributed by atoms with van der Waals surface area (Å²) >= 11 is 0. The molecule has 8 heteroatoms. The highest BCUT2D eigenvalue weighted by Crippen LogP contribution is 2.31. The molecule has 0 unspecified atom stereocenters. The Bertz CT molecular complexity index is 1020. The number of ether oxygens (including phenoxy) is 1. The zero-order valence-electron chi connectivity index (χ0n) is 19.1. The third kappa shape index (κ3) is 4.91. The zero-order chi connectivity index (χ0) is 22.6. The van der Waals surface area contributed by atoms with Crippen LogP contribution in [-0.4, -0.2) is 69.3 Å². The van der Waals surface area contributed by atoms with Gasteiger partial charge in [0.05, 0.1) is 19.7 Å². The van der Waals surface area contributed by atoms with E-state index in [1.165, 1.54) is 37.8 Å². The van der Waals surface area contributed by atoms with Crippen molar-refractivity contribution in [2.24, 2.45) is 0 Å². The molecule has 3 aromatic rings. The monoisotopic (exact) mass is 450 g/mol. The second-order valence-electron chi connectivity index (χ2n) is 9.01. The van der Waals surface area contributed by atoms with Gasteiger partial charge >= 0.3 is 0 Å². The lowest BCUT2D eigenvalue weighted by Crippen LogP contribution is -2.51. The number of rotatable bonds is 7. The second kappa shape index (κ2) is 9.97. The molecule has 1 saturated heterocycles. The van der Waals surface area contributed by atoms with Crippen LogP contribution < -0.4 is 4.74 Å². The van der Waals surface area contributed by atoms with Gasteiger partial charge in [0.25, 0.3) is 0 Å². The molecule has 1 aliphatic carbocycles. The third-order valence-electron chi connectivity index (χ3n) is 7.04. The number of tetrazole rings is 1. The van der Waals surface area contributed by atoms with E-state index in [2.05, 4.69) is 25.3 Å². The summed E-state index contributed by atoms with van der Waals surface area (Å²) in [6.45, 7) is 4.53. The molecule has 1 aliphatic heterocycles. The molecule has 2 fully saturated rings. The zero-order valence-corrected chi connectivity index (χ0v) is 19.1. The summed E-state index contributed by atoms with van der Waals surface area (Å²) < 4.78 is 20.8. The number of hydrogen-bond acceptors (Lipinski definition) is 6. The van der Waals surface area contributed by atoms with Crippen molar-refractivity contribution in [3.05, 3.63) is 71.3 Å². The predicted molar refractivity (Wildman–Crippen MR) is 124 cm³/mol. The smallest absolute Gasteiger partial charge is 0.173 e. The van der Waals surface area contributed by atoms with Crippen LogP contribution in [0.4, 0.5) is 4.39 Å². The van der Waals surface area contributed by atoms with E-state index in [1.807, 2.05) is 41.1 Å². The van der Waals surface area contributed by atoms with Gasteiger partial charge in [-0.1, -0.05) is 37.1 Å². The summed E-state index contributed by atoms with van der Waals surface area (Å²) in [5.74, 6) is 1.37. The van der Waals surface area contributed by atoms with Crippen molar-refractivity contribution in [3.63, 3.8) is 0 Å². The number of halogens is 1. The van der Waals surface area contributed by atoms with Gasteiger partial charge in [0, 0.05) is 32.2 Å². The van der Waals surface area contributed by atoms with E-state index in [9.17, 15) is 4.39 Å². The van der Waals surface area contributed by atoms with Crippen LogP contribution in [0.2, 0.25) is 0 Å². The van der Waals surface area contributed by atoms with Gasteiger partial charge in [-0.3, -0.25) is 9.80 Å². The van der Waals surface area contributed by atoms with Crippen LogP contribution in [0.1, 0.15) is 48.7 Å². The fourth-order valence-electron chi connectivity index (χ4n) is 5.22. The summed E-state index contributed by atoms with van der Waals surface area (Å²) in [6.07, 6.45) is 5.34. The molecule has 1 atom stereocenters. The van der Waals surface area contributed by atoms with Crippen LogP contribution in [-0.2, 0) is 6.54 Å². The van der Waals surface area contributed by atoms with Crippen molar-refractivity contribution in [1.29, 1.82) is 0 Å². The summed E-state index contributed by atoms with van der Waals surface area (Å²) in [4.78, 5) is 5.08. The molecule has 2 heterocycles. The van der Waals surface area contributed by atoms with Gasteiger partial charge in [-0.25, -0.2) is 9.07 Å². The SMILES string of the molecule is COc1ccc(Cn2nnnc2[C@H](c2ccc(F)cc2)N2CCN(C3CCCC3)CC2)cc1. The highest BCUT2D eigenvalue weighted by atomic mass is 19.1. The number of nitrogens with zero attached hydrogens (tertiary/aromatic N) is 6. The van der Waals surface area contributed by atoms with E-state index < -0.39 is 0 Å². The van der Waals surface area contributed by atoms with Crippen molar-refractivity contribution in [1.82, 2.24) is 30.0 Å². The lowest BCUT2D eigenvalue weighted by atomic mass is 10.0. The minimum absolute atomic E-state index is 0.121. The first-order chi connectivity index (χ1) is 16.2. The first-order valence-electron chi connectivity index (χ1n) is 11.8. The number of hydrogen-bond donors (Lipinski definition) is 0. The van der Waals surface area contributed by atoms with E-state index in [4.69, 9.17) is 4.74 Å². The Hall–Kier alpha value is -2.84. The van der Waals surface area contributed by atoms with Crippen molar-refractivity contribution >= 4 is 0 Å². The Labute approximate surface area is 194 Å². The molecule has 1 saturated carbocycles. The first-order valence-corrected chi connectivity index (χ1v) is 11.8. The molecule has 1 aromatic heterocycles. The fourth-order valence-corrected chi connectivity index (χ4v) is 5.22. The van der Waals surface area contributed by atoms with Crippen LogP contribution in [0.5, 0.6) is 5.75 Å². The molecule has 174 valence electrons. The Morgan fingerprint density at radius 3 is 2.33 bits per heavy atom.